The predicted octanol–water partition coefficient (Wildman–Crippen LogP) is 1.96. The Balaban J connectivity index is 2.50. The molecule has 0 heterocycles. The lowest BCUT2D eigenvalue weighted by molar-refractivity contribution is -0.123. The Labute approximate surface area is 105 Å². The van der Waals surface area contributed by atoms with Crippen molar-refractivity contribution in [1.82, 2.24) is 5.32 Å². The van der Waals surface area contributed by atoms with Crippen molar-refractivity contribution >= 4 is 5.91 Å². The molecule has 3 N–H and O–H groups in total. The fourth-order valence-electron chi connectivity index (χ4n) is 1.42. The fraction of sp³-hybridized carbons (Fsp3) is 0.462. The molecule has 100 valence electrons. The van der Waals surface area contributed by atoms with Crippen molar-refractivity contribution in [2.75, 3.05) is 6.54 Å². The van der Waals surface area contributed by atoms with Gasteiger partial charge in [-0.1, -0.05) is 19.9 Å². The molecule has 0 aliphatic rings. The molecular formula is C13H18F2N2O. The first kappa shape index (κ1) is 14.6. The Bertz CT molecular complexity index is 433. The maximum Gasteiger partial charge on any atom is 0.220 e. The average molecular weight is 256 g/mol. The van der Waals surface area contributed by atoms with Crippen molar-refractivity contribution in [2.45, 2.75) is 26.8 Å². The van der Waals surface area contributed by atoms with E-state index in [0.29, 0.717) is 18.5 Å². The van der Waals surface area contributed by atoms with Gasteiger partial charge in [0.1, 0.15) is 0 Å². The molecule has 0 spiro atoms. The van der Waals surface area contributed by atoms with E-state index in [1.807, 2.05) is 13.8 Å². The molecule has 3 nitrogen and oxygen atoms in total. The molecule has 0 aliphatic heterocycles. The van der Waals surface area contributed by atoms with E-state index in [2.05, 4.69) is 5.32 Å². The Morgan fingerprint density at radius 2 is 2.00 bits per heavy atom. The smallest absolute Gasteiger partial charge is 0.220 e. The largest absolute Gasteiger partial charge is 0.352 e. The summed E-state index contributed by atoms with van der Waals surface area (Å²) in [5.41, 5.74) is 5.78. The van der Waals surface area contributed by atoms with Gasteiger partial charge in [-0.3, -0.25) is 4.79 Å². The molecule has 5 heteroatoms. The molecule has 0 atom stereocenters. The van der Waals surface area contributed by atoms with Gasteiger partial charge in [-0.25, -0.2) is 8.78 Å². The zero-order valence-electron chi connectivity index (χ0n) is 10.6. The van der Waals surface area contributed by atoms with E-state index in [9.17, 15) is 13.6 Å². The first-order chi connectivity index (χ1) is 8.34. The fourth-order valence-corrected chi connectivity index (χ4v) is 1.42. The molecule has 0 saturated carbocycles. The number of nitrogens with two attached hydrogens (primary N) is 1. The third-order valence-electron chi connectivity index (χ3n) is 2.67. The SMILES string of the molecule is CC(C)(CN)CC(=O)NCc1ccc(F)c(F)c1. The first-order valence-corrected chi connectivity index (χ1v) is 5.75. The highest BCUT2D eigenvalue weighted by atomic mass is 19.2. The van der Waals surface area contributed by atoms with E-state index in [1.54, 1.807) is 0 Å². The van der Waals surface area contributed by atoms with Crippen LogP contribution in [0, 0.1) is 17.0 Å². The van der Waals surface area contributed by atoms with Crippen LogP contribution >= 0.6 is 0 Å². The quantitative estimate of drug-likeness (QED) is 0.846. The topological polar surface area (TPSA) is 55.1 Å². The van der Waals surface area contributed by atoms with Gasteiger partial charge in [-0.15, -0.1) is 0 Å². The Morgan fingerprint density at radius 3 is 2.56 bits per heavy atom. The normalized spacial score (nSPS) is 11.4. The van der Waals surface area contributed by atoms with Gasteiger partial charge in [-0.2, -0.15) is 0 Å². The highest BCUT2D eigenvalue weighted by Gasteiger charge is 2.19. The van der Waals surface area contributed by atoms with E-state index in [4.69, 9.17) is 5.73 Å². The molecule has 1 aromatic carbocycles. The van der Waals surface area contributed by atoms with E-state index < -0.39 is 11.6 Å². The number of hydrogen-bond donors (Lipinski definition) is 2. The van der Waals surface area contributed by atoms with Crippen molar-refractivity contribution < 1.29 is 13.6 Å². The van der Waals surface area contributed by atoms with Gasteiger partial charge in [0.2, 0.25) is 5.91 Å². The number of nitrogens with one attached hydrogen (secondary N) is 1. The maximum atomic E-state index is 12.9. The van der Waals surface area contributed by atoms with Gasteiger partial charge in [0.25, 0.3) is 0 Å². The molecule has 1 aromatic rings. The minimum Gasteiger partial charge on any atom is -0.352 e. The molecule has 1 amide bonds. The lowest BCUT2D eigenvalue weighted by atomic mass is 9.89. The summed E-state index contributed by atoms with van der Waals surface area (Å²) in [6, 6.07) is 3.55. The van der Waals surface area contributed by atoms with Gasteiger partial charge in [-0.05, 0) is 29.7 Å². The molecule has 18 heavy (non-hydrogen) atoms. The van der Waals surface area contributed by atoms with E-state index in [-0.39, 0.29) is 17.9 Å². The van der Waals surface area contributed by atoms with Crippen LogP contribution in [0.2, 0.25) is 0 Å². The monoisotopic (exact) mass is 256 g/mol. The minimum atomic E-state index is -0.913. The number of rotatable bonds is 5. The molecular weight excluding hydrogens is 238 g/mol. The molecule has 0 radical (unpaired) electrons. The summed E-state index contributed by atoms with van der Waals surface area (Å²) in [4.78, 5) is 11.6. The number of hydrogen-bond acceptors (Lipinski definition) is 2. The van der Waals surface area contributed by atoms with Gasteiger partial charge < -0.3 is 11.1 Å². The zero-order chi connectivity index (χ0) is 13.8. The third kappa shape index (κ3) is 4.41. The van der Waals surface area contributed by atoms with Crippen LogP contribution in [0.3, 0.4) is 0 Å². The predicted molar refractivity (Wildman–Crippen MR) is 65.7 cm³/mol. The molecule has 1 rings (SSSR count). The highest BCUT2D eigenvalue weighted by molar-refractivity contribution is 5.76. The van der Waals surface area contributed by atoms with Crippen molar-refractivity contribution in [2.24, 2.45) is 11.1 Å². The minimum absolute atomic E-state index is 0.157. The number of amides is 1. The third-order valence-corrected chi connectivity index (χ3v) is 2.67. The first-order valence-electron chi connectivity index (χ1n) is 5.75. The number of halogens is 2. The molecule has 0 bridgehead atoms. The van der Waals surface area contributed by atoms with Crippen LogP contribution < -0.4 is 11.1 Å². The highest BCUT2D eigenvalue weighted by Crippen LogP contribution is 2.17. The van der Waals surface area contributed by atoms with Crippen molar-refractivity contribution in [3.8, 4) is 0 Å². The van der Waals surface area contributed by atoms with Gasteiger partial charge in [0, 0.05) is 13.0 Å². The maximum absolute atomic E-state index is 12.9. The molecule has 0 aromatic heterocycles. The Morgan fingerprint density at radius 1 is 1.33 bits per heavy atom. The Kier molecular flexibility index (Phi) is 4.78. The van der Waals surface area contributed by atoms with E-state index in [1.165, 1.54) is 6.07 Å². The van der Waals surface area contributed by atoms with Crippen molar-refractivity contribution in [3.05, 3.63) is 35.4 Å². The standard InChI is InChI=1S/C13H18F2N2O/c1-13(2,8-16)6-12(18)17-7-9-3-4-10(14)11(15)5-9/h3-5H,6-8,16H2,1-2H3,(H,17,18). The number of carbonyl (C=O) groups excluding carboxylic acids is 1. The van der Waals surface area contributed by atoms with E-state index >= 15 is 0 Å². The molecule has 0 fully saturated rings. The second-order valence-electron chi connectivity index (χ2n) is 5.07. The Hall–Kier alpha value is -1.49. The summed E-state index contributed by atoms with van der Waals surface area (Å²) in [5.74, 6) is -1.96. The second-order valence-corrected chi connectivity index (χ2v) is 5.07. The molecule has 0 aliphatic carbocycles. The molecule has 0 unspecified atom stereocenters. The van der Waals surface area contributed by atoms with Crippen LogP contribution in [-0.2, 0) is 11.3 Å². The van der Waals surface area contributed by atoms with Crippen molar-refractivity contribution in [3.63, 3.8) is 0 Å². The lowest BCUT2D eigenvalue weighted by Crippen LogP contribution is -2.32. The van der Waals surface area contributed by atoms with Gasteiger partial charge in [0.15, 0.2) is 11.6 Å². The van der Waals surface area contributed by atoms with Crippen LogP contribution in [0.15, 0.2) is 18.2 Å². The second kappa shape index (κ2) is 5.91. The summed E-state index contributed by atoms with van der Waals surface area (Å²) >= 11 is 0. The lowest BCUT2D eigenvalue weighted by Gasteiger charge is -2.21. The van der Waals surface area contributed by atoms with Crippen LogP contribution in [0.1, 0.15) is 25.8 Å². The van der Waals surface area contributed by atoms with Gasteiger partial charge >= 0.3 is 0 Å². The van der Waals surface area contributed by atoms with Crippen LogP contribution in [0.25, 0.3) is 0 Å². The van der Waals surface area contributed by atoms with Crippen LogP contribution in [0.5, 0.6) is 0 Å². The summed E-state index contributed by atoms with van der Waals surface area (Å²) in [7, 11) is 0. The average Bonchev–Trinajstić information content (AvgIpc) is 2.30. The summed E-state index contributed by atoms with van der Waals surface area (Å²) in [5, 5.41) is 2.65. The van der Waals surface area contributed by atoms with Gasteiger partial charge in [0.05, 0.1) is 0 Å². The molecule has 0 saturated heterocycles. The zero-order valence-corrected chi connectivity index (χ0v) is 10.6. The summed E-state index contributed by atoms with van der Waals surface area (Å²) < 4.78 is 25.6. The van der Waals surface area contributed by atoms with Crippen LogP contribution in [0.4, 0.5) is 8.78 Å². The summed E-state index contributed by atoms with van der Waals surface area (Å²) in [6.45, 7) is 4.37. The van der Waals surface area contributed by atoms with Crippen molar-refractivity contribution in [1.29, 1.82) is 0 Å². The van der Waals surface area contributed by atoms with E-state index in [0.717, 1.165) is 12.1 Å². The number of benzene rings is 1. The van der Waals surface area contributed by atoms with Crippen LogP contribution in [-0.4, -0.2) is 12.5 Å². The number of carbonyl (C=O) groups is 1. The summed E-state index contributed by atoms with van der Waals surface area (Å²) in [6.07, 6.45) is 0.299.